The van der Waals surface area contributed by atoms with Crippen molar-refractivity contribution in [3.05, 3.63) is 102 Å². The minimum Gasteiger partial charge on any atom is -0.316 e. The molecule has 0 spiro atoms. The van der Waals surface area contributed by atoms with Gasteiger partial charge in [0.1, 0.15) is 7.14 Å². The molecule has 0 amide bonds. The summed E-state index contributed by atoms with van der Waals surface area (Å²) in [6.07, 6.45) is 3.42. The molecule has 198 valence electrons. The molecule has 3 aromatic carbocycles. The van der Waals surface area contributed by atoms with Crippen molar-refractivity contribution in [2.75, 3.05) is 0 Å². The van der Waals surface area contributed by atoms with Crippen molar-refractivity contribution in [3.8, 4) is 0 Å². The summed E-state index contributed by atoms with van der Waals surface area (Å²) in [6, 6.07) is 30.0. The molecule has 1 N–H and O–H groups in total. The predicted molar refractivity (Wildman–Crippen MR) is 160 cm³/mol. The van der Waals surface area contributed by atoms with Crippen molar-refractivity contribution in [2.45, 2.75) is 84.2 Å². The molecule has 1 aliphatic carbocycles. The van der Waals surface area contributed by atoms with Crippen molar-refractivity contribution < 1.29 is 4.57 Å². The summed E-state index contributed by atoms with van der Waals surface area (Å²) >= 11 is 0. The predicted octanol–water partition coefficient (Wildman–Crippen LogP) is 9.31. The summed E-state index contributed by atoms with van der Waals surface area (Å²) < 4.78 is 16.1. The summed E-state index contributed by atoms with van der Waals surface area (Å²) in [5, 5.41) is 4.96. The number of hydrogen-bond donors (Lipinski definition) is 1. The standard InChI is InChI=1S/C34H46NOP/c1-24(2)28-18-20-30(21-19-28)34(35-27(6)29-13-9-7-10-14-29)37(36,31-15-11-8-12-16-31)33-23-26(5)17-22-32(33)25(3)4/h7-16,18-21,24-27,32-35H,17,22-23H2,1-6H3/t26-,27-,32+,33?,34-,37+/m1/s1. The number of hydrogen-bond acceptors (Lipinski definition) is 2. The molecule has 0 saturated heterocycles. The minimum atomic E-state index is -2.95. The van der Waals surface area contributed by atoms with E-state index in [0.29, 0.717) is 23.7 Å². The molecule has 0 radical (unpaired) electrons. The summed E-state index contributed by atoms with van der Waals surface area (Å²) in [5.74, 6) is 1.77. The van der Waals surface area contributed by atoms with Crippen LogP contribution in [0.25, 0.3) is 0 Å². The van der Waals surface area contributed by atoms with Gasteiger partial charge in [0.2, 0.25) is 0 Å². The van der Waals surface area contributed by atoms with Gasteiger partial charge in [-0.3, -0.25) is 5.32 Å². The Balaban J connectivity index is 1.89. The molecule has 1 fully saturated rings. The van der Waals surface area contributed by atoms with Gasteiger partial charge in [0.15, 0.2) is 0 Å². The van der Waals surface area contributed by atoms with Crippen LogP contribution in [0, 0.1) is 17.8 Å². The van der Waals surface area contributed by atoms with Gasteiger partial charge in [0, 0.05) is 17.0 Å². The lowest BCUT2D eigenvalue weighted by Crippen LogP contribution is -2.39. The Morgan fingerprint density at radius 3 is 1.86 bits per heavy atom. The highest BCUT2D eigenvalue weighted by Gasteiger charge is 2.49. The van der Waals surface area contributed by atoms with Crippen LogP contribution in [0.5, 0.6) is 0 Å². The second kappa shape index (κ2) is 12.1. The van der Waals surface area contributed by atoms with Gasteiger partial charge in [-0.1, -0.05) is 126 Å². The molecule has 37 heavy (non-hydrogen) atoms. The highest BCUT2D eigenvalue weighted by atomic mass is 31.2. The first-order valence-electron chi connectivity index (χ1n) is 14.3. The number of rotatable bonds is 9. The third-order valence-electron chi connectivity index (χ3n) is 8.65. The highest BCUT2D eigenvalue weighted by molar-refractivity contribution is 7.72. The highest BCUT2D eigenvalue weighted by Crippen LogP contribution is 2.66. The van der Waals surface area contributed by atoms with Gasteiger partial charge in [-0.05, 0) is 60.1 Å². The van der Waals surface area contributed by atoms with Crippen molar-refractivity contribution >= 4 is 12.4 Å². The zero-order valence-corrected chi connectivity index (χ0v) is 24.5. The van der Waals surface area contributed by atoms with Gasteiger partial charge in [0.25, 0.3) is 0 Å². The van der Waals surface area contributed by atoms with Crippen LogP contribution >= 0.6 is 7.14 Å². The monoisotopic (exact) mass is 515 g/mol. The summed E-state index contributed by atoms with van der Waals surface area (Å²) in [5.41, 5.74) is 3.84. The second-order valence-electron chi connectivity index (χ2n) is 12.0. The van der Waals surface area contributed by atoms with Crippen LogP contribution in [0.15, 0.2) is 84.9 Å². The molecule has 0 aromatic heterocycles. The fourth-order valence-electron chi connectivity index (χ4n) is 6.35. The minimum absolute atomic E-state index is 0.0755. The molecule has 0 aliphatic heterocycles. The van der Waals surface area contributed by atoms with Gasteiger partial charge in [-0.15, -0.1) is 0 Å². The van der Waals surface area contributed by atoms with Crippen LogP contribution < -0.4 is 10.6 Å². The third-order valence-corrected chi connectivity index (χ3v) is 12.5. The lowest BCUT2D eigenvalue weighted by Gasteiger charge is -2.45. The molecule has 4 rings (SSSR count). The second-order valence-corrected chi connectivity index (χ2v) is 15.1. The van der Waals surface area contributed by atoms with Gasteiger partial charge in [0.05, 0.1) is 5.78 Å². The first-order valence-corrected chi connectivity index (χ1v) is 16.1. The third kappa shape index (κ3) is 6.13. The smallest absolute Gasteiger partial charge is 0.139 e. The lowest BCUT2D eigenvalue weighted by atomic mass is 9.77. The average Bonchev–Trinajstić information content (AvgIpc) is 2.92. The number of benzene rings is 3. The lowest BCUT2D eigenvalue weighted by molar-refractivity contribution is 0.235. The van der Waals surface area contributed by atoms with E-state index in [-0.39, 0.29) is 17.5 Å². The van der Waals surface area contributed by atoms with Crippen LogP contribution in [-0.4, -0.2) is 5.66 Å². The van der Waals surface area contributed by atoms with Crippen molar-refractivity contribution in [3.63, 3.8) is 0 Å². The van der Waals surface area contributed by atoms with E-state index in [1.807, 2.05) is 6.07 Å². The van der Waals surface area contributed by atoms with E-state index in [0.717, 1.165) is 23.7 Å². The Morgan fingerprint density at radius 2 is 1.30 bits per heavy atom. The molecular weight excluding hydrogens is 469 g/mol. The zero-order chi connectivity index (χ0) is 26.6. The Morgan fingerprint density at radius 1 is 0.730 bits per heavy atom. The molecule has 1 aliphatic rings. The normalized spacial score (nSPS) is 23.5. The maximum atomic E-state index is 16.1. The van der Waals surface area contributed by atoms with Gasteiger partial charge in [-0.2, -0.15) is 0 Å². The van der Waals surface area contributed by atoms with Crippen LogP contribution in [0.4, 0.5) is 0 Å². The van der Waals surface area contributed by atoms with E-state index < -0.39 is 7.14 Å². The largest absolute Gasteiger partial charge is 0.316 e. The van der Waals surface area contributed by atoms with Crippen LogP contribution in [-0.2, 0) is 4.57 Å². The van der Waals surface area contributed by atoms with Crippen LogP contribution in [0.3, 0.4) is 0 Å². The Hall–Kier alpha value is -2.15. The Bertz CT molecular complexity index is 1160. The summed E-state index contributed by atoms with van der Waals surface area (Å²) in [4.78, 5) is 0. The van der Waals surface area contributed by atoms with Gasteiger partial charge >= 0.3 is 0 Å². The van der Waals surface area contributed by atoms with Crippen LogP contribution in [0.2, 0.25) is 0 Å². The van der Waals surface area contributed by atoms with E-state index in [2.05, 4.69) is 126 Å². The molecule has 1 unspecified atom stereocenters. The SMILES string of the molecule is CC(C)c1ccc([C@H](N[C@H](C)c2ccccc2)[P@](=O)(c2ccccc2)C2C[C@H](C)CC[C@H]2C(C)C)cc1. The van der Waals surface area contributed by atoms with Gasteiger partial charge in [-0.25, -0.2) is 0 Å². The molecule has 0 heterocycles. The topological polar surface area (TPSA) is 29.1 Å². The first-order chi connectivity index (χ1) is 17.7. The van der Waals surface area contributed by atoms with Crippen molar-refractivity contribution in [1.29, 1.82) is 0 Å². The fourth-order valence-corrected chi connectivity index (χ4v) is 10.8. The van der Waals surface area contributed by atoms with Gasteiger partial charge < -0.3 is 4.57 Å². The summed E-state index contributed by atoms with van der Waals surface area (Å²) in [7, 11) is -2.95. The van der Waals surface area contributed by atoms with Crippen molar-refractivity contribution in [2.24, 2.45) is 17.8 Å². The Labute approximate surface area is 225 Å². The maximum Gasteiger partial charge on any atom is 0.139 e. The fraction of sp³-hybridized carbons (Fsp3) is 0.471. The molecule has 0 bridgehead atoms. The quantitative estimate of drug-likeness (QED) is 0.288. The molecule has 6 atom stereocenters. The molecule has 1 saturated carbocycles. The molecule has 2 nitrogen and oxygen atoms in total. The van der Waals surface area contributed by atoms with E-state index in [9.17, 15) is 0 Å². The van der Waals surface area contributed by atoms with E-state index in [1.54, 1.807) is 0 Å². The number of nitrogens with one attached hydrogen (secondary N) is 1. The average molecular weight is 516 g/mol. The van der Waals surface area contributed by atoms with Crippen LogP contribution in [0.1, 0.15) is 95.2 Å². The van der Waals surface area contributed by atoms with Crippen molar-refractivity contribution in [1.82, 2.24) is 5.32 Å². The van der Waals surface area contributed by atoms with E-state index in [4.69, 9.17) is 0 Å². The maximum absolute atomic E-state index is 16.1. The zero-order valence-electron chi connectivity index (χ0n) is 23.6. The van der Waals surface area contributed by atoms with E-state index in [1.165, 1.54) is 17.5 Å². The first kappa shape index (κ1) is 27.9. The molecular formula is C34H46NOP. The molecule has 3 aromatic rings. The molecule has 3 heteroatoms. The summed E-state index contributed by atoms with van der Waals surface area (Å²) in [6.45, 7) is 13.7. The van der Waals surface area contributed by atoms with E-state index >= 15 is 4.57 Å². The Kier molecular flexibility index (Phi) is 9.15.